The summed E-state index contributed by atoms with van der Waals surface area (Å²) < 4.78 is 36.0. The van der Waals surface area contributed by atoms with E-state index in [1.807, 2.05) is 13.0 Å². The van der Waals surface area contributed by atoms with Gasteiger partial charge in [0.2, 0.25) is 5.78 Å². The van der Waals surface area contributed by atoms with Crippen molar-refractivity contribution in [3.63, 3.8) is 0 Å². The van der Waals surface area contributed by atoms with E-state index in [9.17, 15) is 22.8 Å². The number of alkyl halides is 3. The molecule has 0 spiro atoms. The van der Waals surface area contributed by atoms with E-state index in [2.05, 4.69) is 5.32 Å². The van der Waals surface area contributed by atoms with Crippen LogP contribution in [0.1, 0.15) is 37.8 Å². The lowest BCUT2D eigenvalue weighted by molar-refractivity contribution is -0.148. The van der Waals surface area contributed by atoms with Gasteiger partial charge in [-0.15, -0.1) is 0 Å². The van der Waals surface area contributed by atoms with Gasteiger partial charge >= 0.3 is 6.18 Å². The molecular formula is C14H16F3NO2. The summed E-state index contributed by atoms with van der Waals surface area (Å²) >= 11 is 0. The highest BCUT2D eigenvalue weighted by atomic mass is 19.4. The van der Waals surface area contributed by atoms with Crippen molar-refractivity contribution in [2.45, 2.75) is 38.4 Å². The molecule has 0 unspecified atom stereocenters. The van der Waals surface area contributed by atoms with E-state index in [0.717, 1.165) is 5.56 Å². The first-order valence-electron chi connectivity index (χ1n) is 6.29. The second kappa shape index (κ2) is 7.07. The van der Waals surface area contributed by atoms with Crippen molar-refractivity contribution in [1.82, 2.24) is 5.32 Å². The van der Waals surface area contributed by atoms with Crippen LogP contribution in [0, 0.1) is 0 Å². The molecule has 0 aliphatic carbocycles. The first-order valence-corrected chi connectivity index (χ1v) is 6.29. The first-order chi connectivity index (χ1) is 9.33. The Bertz CT molecular complexity index is 457. The van der Waals surface area contributed by atoms with Gasteiger partial charge in [-0.25, -0.2) is 0 Å². The molecule has 1 amide bonds. The minimum absolute atomic E-state index is 0.376. The largest absolute Gasteiger partial charge is 0.389 e. The number of nitrogens with one attached hydrogen (secondary N) is 1. The molecule has 0 aromatic heterocycles. The molecule has 6 heteroatoms. The number of carbonyl (C=O) groups is 2. The average molecular weight is 287 g/mol. The average Bonchev–Trinajstić information content (AvgIpc) is 2.42. The number of benzene rings is 1. The molecular weight excluding hydrogens is 271 g/mol. The Balaban J connectivity index is 2.58. The fraction of sp³-hybridized carbons (Fsp3) is 0.429. The van der Waals surface area contributed by atoms with Crippen molar-refractivity contribution in [2.75, 3.05) is 0 Å². The van der Waals surface area contributed by atoms with Gasteiger partial charge in [-0.2, -0.15) is 13.2 Å². The summed E-state index contributed by atoms with van der Waals surface area (Å²) in [5, 5.41) is 2.46. The Morgan fingerprint density at radius 1 is 1.20 bits per heavy atom. The van der Waals surface area contributed by atoms with E-state index in [1.54, 1.807) is 24.3 Å². The van der Waals surface area contributed by atoms with Crippen LogP contribution in [-0.4, -0.2) is 17.9 Å². The van der Waals surface area contributed by atoms with Crippen LogP contribution in [0.3, 0.4) is 0 Å². The second-order valence-electron chi connectivity index (χ2n) is 4.38. The van der Waals surface area contributed by atoms with Crippen molar-refractivity contribution in [1.29, 1.82) is 0 Å². The number of ketones is 1. The zero-order chi connectivity index (χ0) is 15.2. The Kier molecular flexibility index (Phi) is 5.73. The van der Waals surface area contributed by atoms with Crippen LogP contribution in [0.2, 0.25) is 0 Å². The van der Waals surface area contributed by atoms with Gasteiger partial charge in [0.15, 0.2) is 0 Å². The normalized spacial score (nSPS) is 12.8. The minimum Gasteiger partial charge on any atom is -0.343 e. The molecule has 0 bridgehead atoms. The van der Waals surface area contributed by atoms with Gasteiger partial charge in [0.1, 0.15) is 0 Å². The Morgan fingerprint density at radius 3 is 2.30 bits per heavy atom. The van der Waals surface area contributed by atoms with E-state index in [-0.39, 0.29) is 6.04 Å². The lowest BCUT2D eigenvalue weighted by Crippen LogP contribution is -2.34. The number of hydrogen-bond acceptors (Lipinski definition) is 2. The second-order valence-corrected chi connectivity index (χ2v) is 4.38. The molecule has 0 saturated carbocycles. The van der Waals surface area contributed by atoms with Crippen LogP contribution in [0.25, 0.3) is 0 Å². The van der Waals surface area contributed by atoms with Gasteiger partial charge in [0.05, 0.1) is 12.5 Å². The third-order valence-corrected chi connectivity index (χ3v) is 2.80. The van der Waals surface area contributed by atoms with E-state index in [1.165, 1.54) is 0 Å². The van der Waals surface area contributed by atoms with Crippen LogP contribution in [0.15, 0.2) is 30.3 Å². The summed E-state index contributed by atoms with van der Waals surface area (Å²) in [6, 6.07) is 8.58. The minimum atomic E-state index is -4.43. The highest BCUT2D eigenvalue weighted by Gasteiger charge is 2.30. The summed E-state index contributed by atoms with van der Waals surface area (Å²) in [5.74, 6) is -2.01. The molecule has 0 radical (unpaired) electrons. The van der Waals surface area contributed by atoms with Crippen LogP contribution >= 0.6 is 0 Å². The molecule has 0 heterocycles. The Hall–Kier alpha value is -1.85. The SMILES string of the molecule is CC[C@@H](NC(=O)C(=O)CCC(F)(F)F)c1ccccc1. The molecule has 0 fully saturated rings. The monoisotopic (exact) mass is 287 g/mol. The summed E-state index contributed by atoms with van der Waals surface area (Å²) in [6.45, 7) is 1.82. The highest BCUT2D eigenvalue weighted by molar-refractivity contribution is 6.36. The van der Waals surface area contributed by atoms with Crippen molar-refractivity contribution >= 4 is 11.7 Å². The number of halogens is 3. The Morgan fingerprint density at radius 2 is 1.80 bits per heavy atom. The molecule has 0 aliphatic rings. The van der Waals surface area contributed by atoms with Crippen LogP contribution in [0.4, 0.5) is 13.2 Å². The number of rotatable bonds is 6. The summed E-state index contributed by atoms with van der Waals surface area (Å²) in [5.41, 5.74) is 0.812. The summed E-state index contributed by atoms with van der Waals surface area (Å²) in [4.78, 5) is 22.9. The topological polar surface area (TPSA) is 46.2 Å². The number of carbonyl (C=O) groups excluding carboxylic acids is 2. The van der Waals surface area contributed by atoms with Gasteiger partial charge < -0.3 is 5.32 Å². The molecule has 1 aromatic rings. The maximum atomic E-state index is 12.0. The van der Waals surface area contributed by atoms with Crippen molar-refractivity contribution < 1.29 is 22.8 Å². The Labute approximate surface area is 115 Å². The van der Waals surface area contributed by atoms with E-state index in [0.29, 0.717) is 6.42 Å². The van der Waals surface area contributed by atoms with Gasteiger partial charge in [0.25, 0.3) is 5.91 Å². The number of amides is 1. The lowest BCUT2D eigenvalue weighted by atomic mass is 10.0. The van der Waals surface area contributed by atoms with Gasteiger partial charge in [-0.05, 0) is 12.0 Å². The molecule has 3 nitrogen and oxygen atoms in total. The molecule has 1 aromatic carbocycles. The van der Waals surface area contributed by atoms with E-state index in [4.69, 9.17) is 0 Å². The number of hydrogen-bond donors (Lipinski definition) is 1. The van der Waals surface area contributed by atoms with E-state index >= 15 is 0 Å². The van der Waals surface area contributed by atoms with Crippen LogP contribution < -0.4 is 5.32 Å². The van der Waals surface area contributed by atoms with Crippen LogP contribution in [0.5, 0.6) is 0 Å². The van der Waals surface area contributed by atoms with Gasteiger partial charge in [-0.3, -0.25) is 9.59 Å². The molecule has 1 N–H and O–H groups in total. The quantitative estimate of drug-likeness (QED) is 0.817. The molecule has 1 rings (SSSR count). The maximum absolute atomic E-state index is 12.0. The fourth-order valence-corrected chi connectivity index (χ4v) is 1.71. The first kappa shape index (κ1) is 16.2. The van der Waals surface area contributed by atoms with E-state index < -0.39 is 30.7 Å². The molecule has 1 atom stereocenters. The van der Waals surface area contributed by atoms with Crippen molar-refractivity contribution in [3.8, 4) is 0 Å². The standard InChI is InChI=1S/C14H16F3NO2/c1-2-11(10-6-4-3-5-7-10)18-13(20)12(19)8-9-14(15,16)17/h3-7,11H,2,8-9H2,1H3,(H,18,20)/t11-/m1/s1. The third-order valence-electron chi connectivity index (χ3n) is 2.80. The highest BCUT2D eigenvalue weighted by Crippen LogP contribution is 2.21. The zero-order valence-corrected chi connectivity index (χ0v) is 11.0. The van der Waals surface area contributed by atoms with Gasteiger partial charge in [0, 0.05) is 6.42 Å². The zero-order valence-electron chi connectivity index (χ0n) is 11.0. The molecule has 110 valence electrons. The van der Waals surface area contributed by atoms with Gasteiger partial charge in [-0.1, -0.05) is 37.3 Å². The summed E-state index contributed by atoms with van der Waals surface area (Å²) in [7, 11) is 0. The number of Topliss-reactive ketones (excluding diaryl/α,β-unsaturated/α-hetero) is 1. The van der Waals surface area contributed by atoms with Crippen molar-refractivity contribution in [2.24, 2.45) is 0 Å². The predicted molar refractivity (Wildman–Crippen MR) is 67.9 cm³/mol. The molecule has 0 aliphatic heterocycles. The fourth-order valence-electron chi connectivity index (χ4n) is 1.71. The lowest BCUT2D eigenvalue weighted by Gasteiger charge is -2.17. The predicted octanol–water partition coefficient (Wildman–Crippen LogP) is 3.17. The molecule has 0 saturated heterocycles. The molecule has 20 heavy (non-hydrogen) atoms. The third kappa shape index (κ3) is 5.42. The maximum Gasteiger partial charge on any atom is 0.389 e. The smallest absolute Gasteiger partial charge is 0.343 e. The van der Waals surface area contributed by atoms with Crippen molar-refractivity contribution in [3.05, 3.63) is 35.9 Å². The van der Waals surface area contributed by atoms with Crippen LogP contribution in [-0.2, 0) is 9.59 Å². The summed E-state index contributed by atoms with van der Waals surface area (Å²) in [6.07, 6.45) is -5.98.